The highest BCUT2D eigenvalue weighted by Gasteiger charge is 2.30. The summed E-state index contributed by atoms with van der Waals surface area (Å²) in [6.07, 6.45) is -2.34. The van der Waals surface area contributed by atoms with E-state index < -0.39 is 17.6 Å². The number of anilines is 1. The fourth-order valence-corrected chi connectivity index (χ4v) is 2.69. The summed E-state index contributed by atoms with van der Waals surface area (Å²) >= 11 is 0. The van der Waals surface area contributed by atoms with Crippen LogP contribution in [0.25, 0.3) is 0 Å². The molecule has 2 heterocycles. The number of amides is 1. The first-order valence-corrected chi connectivity index (χ1v) is 8.36. The summed E-state index contributed by atoms with van der Waals surface area (Å²) < 4.78 is 42.8. The van der Waals surface area contributed by atoms with Gasteiger partial charge in [0.05, 0.1) is 19.2 Å². The smallest absolute Gasteiger partial charge is 0.416 e. The fraction of sp³-hybridized carbons (Fsp3) is 0.412. The molecular weight excluding hydrogens is 363 g/mol. The molecule has 1 amide bonds. The Kier molecular flexibility index (Phi) is 5.43. The van der Waals surface area contributed by atoms with Crippen molar-refractivity contribution < 1.29 is 22.7 Å². The molecule has 2 aromatic rings. The van der Waals surface area contributed by atoms with Crippen LogP contribution in [0.3, 0.4) is 0 Å². The van der Waals surface area contributed by atoms with Crippen molar-refractivity contribution in [3.05, 3.63) is 41.2 Å². The number of hydrogen-bond acceptors (Lipinski definition) is 6. The third-order valence-electron chi connectivity index (χ3n) is 4.10. The first-order valence-electron chi connectivity index (χ1n) is 8.36. The van der Waals surface area contributed by atoms with E-state index in [2.05, 4.69) is 20.3 Å². The van der Waals surface area contributed by atoms with Gasteiger partial charge in [0.2, 0.25) is 5.95 Å². The minimum atomic E-state index is -4.44. The molecular formula is C17H18F3N5O2. The van der Waals surface area contributed by atoms with Gasteiger partial charge in [-0.3, -0.25) is 4.79 Å². The number of ether oxygens (including phenoxy) is 1. The van der Waals surface area contributed by atoms with Gasteiger partial charge in [-0.15, -0.1) is 0 Å². The van der Waals surface area contributed by atoms with Crippen LogP contribution in [-0.4, -0.2) is 41.1 Å². The highest BCUT2D eigenvalue weighted by molar-refractivity contribution is 5.94. The van der Waals surface area contributed by atoms with Crippen molar-refractivity contribution in [1.29, 1.82) is 0 Å². The Morgan fingerprint density at radius 2 is 1.81 bits per heavy atom. The molecule has 144 valence electrons. The maximum atomic E-state index is 12.6. The maximum Gasteiger partial charge on any atom is 0.416 e. The van der Waals surface area contributed by atoms with Crippen molar-refractivity contribution in [2.24, 2.45) is 0 Å². The predicted molar refractivity (Wildman–Crippen MR) is 90.4 cm³/mol. The number of carbonyl (C=O) groups is 1. The van der Waals surface area contributed by atoms with Gasteiger partial charge in [0, 0.05) is 18.7 Å². The molecule has 1 N–H and O–H groups in total. The lowest BCUT2D eigenvalue weighted by Crippen LogP contribution is -2.26. The Morgan fingerprint density at radius 3 is 2.41 bits per heavy atom. The number of alkyl halides is 3. The molecule has 0 spiro atoms. The third kappa shape index (κ3) is 4.63. The molecule has 0 radical (unpaired) electrons. The zero-order chi connectivity index (χ0) is 19.4. The van der Waals surface area contributed by atoms with Gasteiger partial charge in [0.25, 0.3) is 5.91 Å². The number of carbonyl (C=O) groups excluding carboxylic acids is 1. The molecule has 0 unspecified atom stereocenters. The third-order valence-corrected chi connectivity index (χ3v) is 4.10. The number of rotatable bonds is 5. The number of halogens is 3. The summed E-state index contributed by atoms with van der Waals surface area (Å²) in [5, 5.41) is 2.60. The highest BCUT2D eigenvalue weighted by atomic mass is 19.4. The first-order chi connectivity index (χ1) is 12.9. The molecule has 1 aromatic heterocycles. The predicted octanol–water partition coefficient (Wildman–Crippen LogP) is 2.43. The topological polar surface area (TPSA) is 80.2 Å². The number of aromatic nitrogens is 3. The Morgan fingerprint density at radius 1 is 1.15 bits per heavy atom. The van der Waals surface area contributed by atoms with E-state index in [0.717, 1.165) is 50.2 Å². The average Bonchev–Trinajstić information content (AvgIpc) is 3.20. The van der Waals surface area contributed by atoms with Gasteiger partial charge in [-0.1, -0.05) is 0 Å². The molecule has 10 heteroatoms. The van der Waals surface area contributed by atoms with Crippen LogP contribution in [0.5, 0.6) is 6.01 Å². The van der Waals surface area contributed by atoms with Gasteiger partial charge in [-0.2, -0.15) is 28.1 Å². The summed E-state index contributed by atoms with van der Waals surface area (Å²) in [4.78, 5) is 26.8. The molecule has 0 bridgehead atoms. The van der Waals surface area contributed by atoms with Gasteiger partial charge in [0.15, 0.2) is 5.82 Å². The van der Waals surface area contributed by atoms with Gasteiger partial charge >= 0.3 is 12.2 Å². The molecule has 1 fully saturated rings. The van der Waals surface area contributed by atoms with Gasteiger partial charge in [-0.05, 0) is 37.1 Å². The minimum Gasteiger partial charge on any atom is -0.467 e. The van der Waals surface area contributed by atoms with Crippen LogP contribution < -0.4 is 15.0 Å². The number of benzene rings is 1. The van der Waals surface area contributed by atoms with Crippen LogP contribution in [0.1, 0.15) is 34.6 Å². The van der Waals surface area contributed by atoms with Crippen molar-refractivity contribution in [2.45, 2.75) is 25.6 Å². The SMILES string of the molecule is COc1nc(CNC(=O)c2ccc(C(F)(F)F)cc2)nc(N2CCCC2)n1. The van der Waals surface area contributed by atoms with Crippen LogP contribution in [0.4, 0.5) is 19.1 Å². The lowest BCUT2D eigenvalue weighted by atomic mass is 10.1. The van der Waals surface area contributed by atoms with Gasteiger partial charge in [0.1, 0.15) is 0 Å². The van der Waals surface area contributed by atoms with Crippen LogP contribution >= 0.6 is 0 Å². The number of hydrogen-bond donors (Lipinski definition) is 1. The summed E-state index contributed by atoms with van der Waals surface area (Å²) in [5.41, 5.74) is -0.694. The van der Waals surface area contributed by atoms with E-state index in [9.17, 15) is 18.0 Å². The largest absolute Gasteiger partial charge is 0.467 e. The standard InChI is InChI=1S/C17H18F3N5O2/c1-27-16-23-13(22-15(24-16)25-8-2-3-9-25)10-21-14(26)11-4-6-12(7-5-11)17(18,19)20/h4-7H,2-3,8-10H2,1H3,(H,21,26). The molecule has 0 saturated carbocycles. The minimum absolute atomic E-state index is 0.000421. The van der Waals surface area contributed by atoms with E-state index >= 15 is 0 Å². The second-order valence-corrected chi connectivity index (χ2v) is 5.99. The molecule has 0 atom stereocenters. The quantitative estimate of drug-likeness (QED) is 0.857. The summed E-state index contributed by atoms with van der Waals surface area (Å²) in [5.74, 6) is 0.271. The molecule has 1 aromatic carbocycles. The van der Waals surface area contributed by atoms with E-state index in [1.807, 2.05) is 4.90 Å². The Labute approximate surface area is 153 Å². The van der Waals surface area contributed by atoms with Crippen molar-refractivity contribution >= 4 is 11.9 Å². The van der Waals surface area contributed by atoms with E-state index in [4.69, 9.17) is 4.74 Å². The zero-order valence-corrected chi connectivity index (χ0v) is 14.6. The lowest BCUT2D eigenvalue weighted by molar-refractivity contribution is -0.137. The zero-order valence-electron chi connectivity index (χ0n) is 14.6. The van der Waals surface area contributed by atoms with Crippen molar-refractivity contribution in [1.82, 2.24) is 20.3 Å². The summed E-state index contributed by atoms with van der Waals surface area (Å²) in [7, 11) is 1.44. The van der Waals surface area contributed by atoms with Gasteiger partial charge in [-0.25, -0.2) is 0 Å². The maximum absolute atomic E-state index is 12.6. The van der Waals surface area contributed by atoms with E-state index in [1.165, 1.54) is 7.11 Å². The van der Waals surface area contributed by atoms with Crippen molar-refractivity contribution in [3.63, 3.8) is 0 Å². The van der Waals surface area contributed by atoms with Gasteiger partial charge < -0.3 is 15.0 Å². The molecule has 27 heavy (non-hydrogen) atoms. The highest BCUT2D eigenvalue weighted by Crippen LogP contribution is 2.29. The fourth-order valence-electron chi connectivity index (χ4n) is 2.69. The summed E-state index contributed by atoms with van der Waals surface area (Å²) in [6.45, 7) is 1.68. The Hall–Kier alpha value is -2.91. The Balaban J connectivity index is 1.68. The average molecular weight is 381 g/mol. The molecule has 1 saturated heterocycles. The van der Waals surface area contributed by atoms with Crippen LogP contribution in [0.15, 0.2) is 24.3 Å². The van der Waals surface area contributed by atoms with E-state index in [-0.39, 0.29) is 18.1 Å². The number of nitrogens with one attached hydrogen (secondary N) is 1. The van der Waals surface area contributed by atoms with Crippen molar-refractivity contribution in [3.8, 4) is 6.01 Å². The monoisotopic (exact) mass is 381 g/mol. The molecule has 0 aliphatic carbocycles. The second-order valence-electron chi connectivity index (χ2n) is 5.99. The number of methoxy groups -OCH3 is 1. The molecule has 1 aliphatic rings. The van der Waals surface area contributed by atoms with Crippen LogP contribution in [0, 0.1) is 0 Å². The first kappa shape index (κ1) is 18.9. The number of nitrogens with zero attached hydrogens (tertiary/aromatic N) is 4. The molecule has 7 nitrogen and oxygen atoms in total. The van der Waals surface area contributed by atoms with E-state index in [0.29, 0.717) is 11.8 Å². The summed E-state index contributed by atoms with van der Waals surface area (Å²) in [6, 6.07) is 4.13. The Bertz CT molecular complexity index is 805. The van der Waals surface area contributed by atoms with Crippen molar-refractivity contribution in [2.75, 3.05) is 25.1 Å². The molecule has 3 rings (SSSR count). The van der Waals surface area contributed by atoms with Crippen LogP contribution in [0.2, 0.25) is 0 Å². The van der Waals surface area contributed by atoms with E-state index in [1.54, 1.807) is 0 Å². The molecule has 1 aliphatic heterocycles. The lowest BCUT2D eigenvalue weighted by Gasteiger charge is -2.16. The normalized spacial score (nSPS) is 14.3. The second kappa shape index (κ2) is 7.77. The van der Waals surface area contributed by atoms with Crippen LogP contribution in [-0.2, 0) is 12.7 Å².